The van der Waals surface area contributed by atoms with Gasteiger partial charge in [-0.05, 0) is 64.1 Å². The van der Waals surface area contributed by atoms with Gasteiger partial charge in [-0.25, -0.2) is 0 Å². The number of nitrogens with zero attached hydrogens (tertiary/aromatic N) is 1. The first-order chi connectivity index (χ1) is 7.75. The van der Waals surface area contributed by atoms with Crippen LogP contribution in [0.1, 0.15) is 52.4 Å². The van der Waals surface area contributed by atoms with E-state index >= 15 is 0 Å². The highest BCUT2D eigenvalue weighted by molar-refractivity contribution is 4.89. The number of hydrogen-bond acceptors (Lipinski definition) is 2. The van der Waals surface area contributed by atoms with Gasteiger partial charge in [0.25, 0.3) is 0 Å². The van der Waals surface area contributed by atoms with E-state index in [2.05, 4.69) is 24.1 Å². The summed E-state index contributed by atoms with van der Waals surface area (Å²) in [6, 6.07) is 1.72. The van der Waals surface area contributed by atoms with Crippen LogP contribution < -0.4 is 5.32 Å². The third-order valence-electron chi connectivity index (χ3n) is 4.21. The highest BCUT2D eigenvalue weighted by Gasteiger charge is 2.31. The van der Waals surface area contributed by atoms with Crippen LogP contribution in [0.15, 0.2) is 0 Å². The fourth-order valence-electron chi connectivity index (χ4n) is 3.23. The van der Waals surface area contributed by atoms with E-state index in [1.807, 2.05) is 0 Å². The number of piperidine rings is 1. The van der Waals surface area contributed by atoms with Crippen LogP contribution in [0, 0.1) is 5.92 Å². The van der Waals surface area contributed by atoms with Gasteiger partial charge >= 0.3 is 0 Å². The minimum Gasteiger partial charge on any atom is -0.314 e. The average Bonchev–Trinajstić information content (AvgIpc) is 2.71. The molecule has 2 heterocycles. The fraction of sp³-hybridized carbons (Fsp3) is 1.00. The summed E-state index contributed by atoms with van der Waals surface area (Å²) in [6.07, 6.45) is 8.38. The van der Waals surface area contributed by atoms with Crippen molar-refractivity contribution in [2.45, 2.75) is 64.5 Å². The lowest BCUT2D eigenvalue weighted by molar-refractivity contribution is 0.167. The Labute approximate surface area is 101 Å². The molecule has 2 rings (SSSR count). The molecule has 0 aromatic rings. The van der Waals surface area contributed by atoms with Crippen molar-refractivity contribution in [1.82, 2.24) is 10.2 Å². The molecule has 0 amide bonds. The molecule has 2 heteroatoms. The Morgan fingerprint density at radius 2 is 2.12 bits per heavy atom. The second kappa shape index (κ2) is 6.02. The first-order valence-electron chi connectivity index (χ1n) is 7.23. The summed E-state index contributed by atoms with van der Waals surface area (Å²) < 4.78 is 0. The van der Waals surface area contributed by atoms with Gasteiger partial charge in [0.15, 0.2) is 0 Å². The van der Waals surface area contributed by atoms with Gasteiger partial charge in [0.1, 0.15) is 0 Å². The largest absolute Gasteiger partial charge is 0.314 e. The van der Waals surface area contributed by atoms with Crippen molar-refractivity contribution in [2.75, 3.05) is 19.6 Å². The molecular formula is C14H28N2. The lowest BCUT2D eigenvalue weighted by Crippen LogP contribution is -2.45. The molecule has 2 aliphatic rings. The van der Waals surface area contributed by atoms with E-state index in [4.69, 9.17) is 0 Å². The van der Waals surface area contributed by atoms with Gasteiger partial charge in [0, 0.05) is 12.1 Å². The molecule has 2 aliphatic heterocycles. The van der Waals surface area contributed by atoms with Gasteiger partial charge < -0.3 is 10.2 Å². The first-order valence-corrected chi connectivity index (χ1v) is 7.23. The van der Waals surface area contributed by atoms with Gasteiger partial charge in [-0.1, -0.05) is 13.8 Å². The van der Waals surface area contributed by atoms with Crippen LogP contribution in [0.2, 0.25) is 0 Å². The maximum Gasteiger partial charge on any atom is 0.0111 e. The second-order valence-corrected chi connectivity index (χ2v) is 6.04. The summed E-state index contributed by atoms with van der Waals surface area (Å²) in [5, 5.41) is 3.76. The molecule has 0 saturated carbocycles. The fourth-order valence-corrected chi connectivity index (χ4v) is 3.23. The zero-order valence-electron chi connectivity index (χ0n) is 11.0. The normalized spacial score (nSPS) is 30.9. The van der Waals surface area contributed by atoms with Crippen molar-refractivity contribution in [3.05, 3.63) is 0 Å². The number of rotatable bonds is 5. The Morgan fingerprint density at radius 3 is 2.94 bits per heavy atom. The summed E-state index contributed by atoms with van der Waals surface area (Å²) in [5.74, 6) is 0.860. The summed E-state index contributed by atoms with van der Waals surface area (Å²) in [6.45, 7) is 8.57. The zero-order chi connectivity index (χ0) is 11.4. The van der Waals surface area contributed by atoms with Crippen molar-refractivity contribution in [1.29, 1.82) is 0 Å². The third-order valence-corrected chi connectivity index (χ3v) is 4.21. The van der Waals surface area contributed by atoms with Crippen LogP contribution in [0.3, 0.4) is 0 Å². The molecule has 1 N–H and O–H groups in total. The molecule has 0 aromatic carbocycles. The SMILES string of the molecule is CC(C)CCCNC1CCN2CCCC2C1. The summed E-state index contributed by atoms with van der Waals surface area (Å²) in [7, 11) is 0. The maximum absolute atomic E-state index is 3.76. The molecule has 0 aliphatic carbocycles. The molecule has 2 fully saturated rings. The highest BCUT2D eigenvalue weighted by atomic mass is 15.2. The van der Waals surface area contributed by atoms with Crippen LogP contribution >= 0.6 is 0 Å². The van der Waals surface area contributed by atoms with Crippen molar-refractivity contribution in [2.24, 2.45) is 5.92 Å². The summed E-state index contributed by atoms with van der Waals surface area (Å²) >= 11 is 0. The van der Waals surface area contributed by atoms with Crippen molar-refractivity contribution in [3.8, 4) is 0 Å². The van der Waals surface area contributed by atoms with E-state index in [9.17, 15) is 0 Å². The molecular weight excluding hydrogens is 196 g/mol. The molecule has 2 nitrogen and oxygen atoms in total. The van der Waals surface area contributed by atoms with Crippen molar-refractivity contribution >= 4 is 0 Å². The van der Waals surface area contributed by atoms with Crippen LogP contribution in [0.4, 0.5) is 0 Å². The zero-order valence-corrected chi connectivity index (χ0v) is 11.0. The van der Waals surface area contributed by atoms with E-state index in [1.165, 1.54) is 58.2 Å². The Kier molecular flexibility index (Phi) is 4.66. The number of nitrogens with one attached hydrogen (secondary N) is 1. The quantitative estimate of drug-likeness (QED) is 0.722. The monoisotopic (exact) mass is 224 g/mol. The Bertz CT molecular complexity index is 203. The van der Waals surface area contributed by atoms with Gasteiger partial charge in [0.05, 0.1) is 0 Å². The minimum absolute atomic E-state index is 0.812. The van der Waals surface area contributed by atoms with Crippen LogP contribution in [-0.2, 0) is 0 Å². The van der Waals surface area contributed by atoms with Gasteiger partial charge in [-0.3, -0.25) is 0 Å². The topological polar surface area (TPSA) is 15.3 Å². The number of hydrogen-bond donors (Lipinski definition) is 1. The van der Waals surface area contributed by atoms with E-state index in [0.717, 1.165) is 18.0 Å². The Hall–Kier alpha value is -0.0800. The molecule has 0 aromatic heterocycles. The van der Waals surface area contributed by atoms with Crippen molar-refractivity contribution in [3.63, 3.8) is 0 Å². The molecule has 0 bridgehead atoms. The molecule has 2 saturated heterocycles. The Balaban J connectivity index is 1.60. The van der Waals surface area contributed by atoms with Crippen LogP contribution in [0.25, 0.3) is 0 Å². The van der Waals surface area contributed by atoms with E-state index in [-0.39, 0.29) is 0 Å². The summed E-state index contributed by atoms with van der Waals surface area (Å²) in [4.78, 5) is 2.70. The number of fused-ring (bicyclic) bond motifs is 1. The lowest BCUT2D eigenvalue weighted by Gasteiger charge is -2.35. The smallest absolute Gasteiger partial charge is 0.0111 e. The van der Waals surface area contributed by atoms with Crippen LogP contribution in [-0.4, -0.2) is 36.6 Å². The van der Waals surface area contributed by atoms with Gasteiger partial charge in [-0.2, -0.15) is 0 Å². The minimum atomic E-state index is 0.812. The van der Waals surface area contributed by atoms with Gasteiger partial charge in [-0.15, -0.1) is 0 Å². The molecule has 2 unspecified atom stereocenters. The van der Waals surface area contributed by atoms with Crippen LogP contribution in [0.5, 0.6) is 0 Å². The standard InChI is InChI=1S/C14H28N2/c1-12(2)5-3-8-15-13-7-10-16-9-4-6-14(16)11-13/h12-15H,3-11H2,1-2H3. The Morgan fingerprint density at radius 1 is 1.25 bits per heavy atom. The maximum atomic E-state index is 3.76. The third kappa shape index (κ3) is 3.46. The lowest BCUT2D eigenvalue weighted by atomic mass is 9.97. The summed E-state index contributed by atoms with van der Waals surface area (Å²) in [5.41, 5.74) is 0. The predicted molar refractivity (Wildman–Crippen MR) is 69.7 cm³/mol. The first kappa shape index (κ1) is 12.4. The van der Waals surface area contributed by atoms with Gasteiger partial charge in [0.2, 0.25) is 0 Å². The molecule has 0 radical (unpaired) electrons. The highest BCUT2D eigenvalue weighted by Crippen LogP contribution is 2.26. The molecule has 0 spiro atoms. The second-order valence-electron chi connectivity index (χ2n) is 6.04. The van der Waals surface area contributed by atoms with Crippen molar-refractivity contribution < 1.29 is 0 Å². The molecule has 16 heavy (non-hydrogen) atoms. The average molecular weight is 224 g/mol. The predicted octanol–water partition coefficient (Wildman–Crippen LogP) is 2.64. The van der Waals surface area contributed by atoms with E-state index in [1.54, 1.807) is 0 Å². The molecule has 2 atom stereocenters. The molecule has 94 valence electrons. The van der Waals surface area contributed by atoms with E-state index in [0.29, 0.717) is 0 Å². The van der Waals surface area contributed by atoms with E-state index < -0.39 is 0 Å².